The minimum atomic E-state index is -3.59. The van der Waals surface area contributed by atoms with Crippen molar-refractivity contribution in [1.29, 1.82) is 0 Å². The molecule has 2 rings (SSSR count). The van der Waals surface area contributed by atoms with Crippen molar-refractivity contribution in [3.8, 4) is 0 Å². The summed E-state index contributed by atoms with van der Waals surface area (Å²) in [6, 6.07) is 15.7. The monoisotopic (exact) mass is 417 g/mol. The van der Waals surface area contributed by atoms with Gasteiger partial charge in [-0.25, -0.2) is 8.42 Å². The van der Waals surface area contributed by atoms with Gasteiger partial charge in [0.25, 0.3) is 0 Å². The third-order valence-electron chi connectivity index (χ3n) is 3.14. The Morgan fingerprint density at radius 3 is 2.24 bits per heavy atom. The van der Waals surface area contributed by atoms with Gasteiger partial charge in [-0.2, -0.15) is 4.31 Å². The molecule has 0 aliphatic rings. The number of benzene rings is 2. The SMILES string of the molecule is CN(CC(O)c1ccccc1)S(=O)(=O)c1ccc(I)cc1. The fourth-order valence-electron chi connectivity index (χ4n) is 1.91. The highest BCUT2D eigenvalue weighted by Gasteiger charge is 2.23. The van der Waals surface area contributed by atoms with Crippen molar-refractivity contribution in [2.24, 2.45) is 0 Å². The summed E-state index contributed by atoms with van der Waals surface area (Å²) in [5, 5.41) is 10.1. The zero-order valence-electron chi connectivity index (χ0n) is 11.5. The van der Waals surface area contributed by atoms with Crippen LogP contribution in [-0.2, 0) is 10.0 Å². The Bertz CT molecular complexity index is 687. The molecule has 0 heterocycles. The number of rotatable bonds is 5. The molecule has 0 bridgehead atoms. The molecule has 0 amide bonds. The third kappa shape index (κ3) is 4.03. The molecule has 0 aliphatic carbocycles. The fraction of sp³-hybridized carbons (Fsp3) is 0.200. The molecule has 112 valence electrons. The molecule has 0 aliphatic heterocycles. The van der Waals surface area contributed by atoms with Crippen LogP contribution in [0.4, 0.5) is 0 Å². The maximum absolute atomic E-state index is 12.4. The number of sulfonamides is 1. The second-order valence-corrected chi connectivity index (χ2v) is 7.96. The van der Waals surface area contributed by atoms with E-state index < -0.39 is 16.1 Å². The summed E-state index contributed by atoms with van der Waals surface area (Å²) < 4.78 is 27.0. The van der Waals surface area contributed by atoms with E-state index in [1.54, 1.807) is 36.4 Å². The number of aliphatic hydroxyl groups is 1. The largest absolute Gasteiger partial charge is 0.387 e. The summed E-state index contributed by atoms with van der Waals surface area (Å²) in [5.74, 6) is 0. The van der Waals surface area contributed by atoms with Gasteiger partial charge in [0.2, 0.25) is 10.0 Å². The van der Waals surface area contributed by atoms with E-state index in [9.17, 15) is 13.5 Å². The van der Waals surface area contributed by atoms with Crippen LogP contribution >= 0.6 is 22.6 Å². The molecule has 0 aromatic heterocycles. The highest BCUT2D eigenvalue weighted by Crippen LogP contribution is 2.20. The maximum Gasteiger partial charge on any atom is 0.242 e. The van der Waals surface area contributed by atoms with Crippen LogP contribution in [-0.4, -0.2) is 31.4 Å². The van der Waals surface area contributed by atoms with Crippen molar-refractivity contribution in [2.45, 2.75) is 11.0 Å². The van der Waals surface area contributed by atoms with Crippen LogP contribution in [0.15, 0.2) is 59.5 Å². The Kier molecular flexibility index (Phi) is 5.37. The lowest BCUT2D eigenvalue weighted by molar-refractivity contribution is 0.155. The maximum atomic E-state index is 12.4. The van der Waals surface area contributed by atoms with E-state index in [4.69, 9.17) is 0 Å². The van der Waals surface area contributed by atoms with Gasteiger partial charge in [0.1, 0.15) is 0 Å². The Hall–Kier alpha value is -0.960. The molecule has 4 nitrogen and oxygen atoms in total. The van der Waals surface area contributed by atoms with Crippen molar-refractivity contribution in [1.82, 2.24) is 4.31 Å². The number of likely N-dealkylation sites (N-methyl/N-ethyl adjacent to an activating group) is 1. The summed E-state index contributed by atoms with van der Waals surface area (Å²) >= 11 is 2.12. The summed E-state index contributed by atoms with van der Waals surface area (Å²) in [4.78, 5) is 0.227. The van der Waals surface area contributed by atoms with Gasteiger partial charge in [-0.05, 0) is 52.4 Å². The average Bonchev–Trinajstić information content (AvgIpc) is 2.48. The Balaban J connectivity index is 2.15. The van der Waals surface area contributed by atoms with Gasteiger partial charge < -0.3 is 5.11 Å². The van der Waals surface area contributed by atoms with Crippen molar-refractivity contribution >= 4 is 32.6 Å². The third-order valence-corrected chi connectivity index (χ3v) is 5.69. The van der Waals surface area contributed by atoms with Crippen LogP contribution in [0.3, 0.4) is 0 Å². The smallest absolute Gasteiger partial charge is 0.242 e. The minimum Gasteiger partial charge on any atom is -0.387 e. The van der Waals surface area contributed by atoms with Gasteiger partial charge in [0.05, 0.1) is 11.0 Å². The molecule has 2 aromatic rings. The van der Waals surface area contributed by atoms with Gasteiger partial charge in [-0.1, -0.05) is 30.3 Å². The molecular weight excluding hydrogens is 401 g/mol. The lowest BCUT2D eigenvalue weighted by Gasteiger charge is -2.21. The molecule has 0 saturated heterocycles. The molecule has 1 N–H and O–H groups in total. The van der Waals surface area contributed by atoms with E-state index >= 15 is 0 Å². The van der Waals surface area contributed by atoms with Crippen LogP contribution < -0.4 is 0 Å². The zero-order chi connectivity index (χ0) is 15.5. The van der Waals surface area contributed by atoms with Gasteiger partial charge in [-0.15, -0.1) is 0 Å². The first-order chi connectivity index (χ1) is 9.91. The van der Waals surface area contributed by atoms with Crippen molar-refractivity contribution in [3.63, 3.8) is 0 Å². The van der Waals surface area contributed by atoms with E-state index in [0.29, 0.717) is 5.56 Å². The fourth-order valence-corrected chi connectivity index (χ4v) is 3.45. The standard InChI is InChI=1S/C15H16INO3S/c1-17(11-15(18)12-5-3-2-4-6-12)21(19,20)14-9-7-13(16)8-10-14/h2-10,15,18H,11H2,1H3. The average molecular weight is 417 g/mol. The summed E-state index contributed by atoms with van der Waals surface area (Å²) in [7, 11) is -2.12. The first kappa shape index (κ1) is 16.4. The van der Waals surface area contributed by atoms with Crippen molar-refractivity contribution in [3.05, 3.63) is 63.7 Å². The number of nitrogens with zero attached hydrogens (tertiary/aromatic N) is 1. The van der Waals surface area contributed by atoms with Crippen LogP contribution in [0.25, 0.3) is 0 Å². The molecule has 6 heteroatoms. The van der Waals surface area contributed by atoms with Crippen molar-refractivity contribution < 1.29 is 13.5 Å². The number of hydrogen-bond donors (Lipinski definition) is 1. The Labute approximate surface area is 138 Å². The molecule has 2 aromatic carbocycles. The van der Waals surface area contributed by atoms with E-state index in [1.165, 1.54) is 11.4 Å². The predicted molar refractivity (Wildman–Crippen MR) is 90.4 cm³/mol. The highest BCUT2D eigenvalue weighted by molar-refractivity contribution is 14.1. The molecule has 0 saturated carbocycles. The molecule has 1 atom stereocenters. The summed E-state index contributed by atoms with van der Waals surface area (Å²) in [5.41, 5.74) is 0.696. The van der Waals surface area contributed by atoms with Gasteiger partial charge >= 0.3 is 0 Å². The number of aliphatic hydroxyl groups excluding tert-OH is 1. The van der Waals surface area contributed by atoms with Gasteiger partial charge in [0.15, 0.2) is 0 Å². The van der Waals surface area contributed by atoms with Crippen LogP contribution in [0, 0.1) is 3.57 Å². The van der Waals surface area contributed by atoms with Crippen LogP contribution in [0.2, 0.25) is 0 Å². The first-order valence-electron chi connectivity index (χ1n) is 6.36. The lowest BCUT2D eigenvalue weighted by Crippen LogP contribution is -2.31. The Morgan fingerprint density at radius 2 is 1.67 bits per heavy atom. The minimum absolute atomic E-state index is 0.0122. The topological polar surface area (TPSA) is 57.6 Å². The number of hydrogen-bond acceptors (Lipinski definition) is 3. The Morgan fingerprint density at radius 1 is 1.10 bits per heavy atom. The molecule has 1 unspecified atom stereocenters. The summed E-state index contributed by atoms with van der Waals surface area (Å²) in [6.45, 7) is 0.0122. The van der Waals surface area contributed by atoms with Crippen molar-refractivity contribution in [2.75, 3.05) is 13.6 Å². The van der Waals surface area contributed by atoms with Crippen LogP contribution in [0.5, 0.6) is 0 Å². The second-order valence-electron chi connectivity index (χ2n) is 4.67. The highest BCUT2D eigenvalue weighted by atomic mass is 127. The van der Waals surface area contributed by atoms with E-state index in [2.05, 4.69) is 22.6 Å². The molecule has 21 heavy (non-hydrogen) atoms. The molecular formula is C15H16INO3S. The molecule has 0 radical (unpaired) electrons. The van der Waals surface area contributed by atoms with Gasteiger partial charge in [0, 0.05) is 17.2 Å². The zero-order valence-corrected chi connectivity index (χ0v) is 14.5. The second kappa shape index (κ2) is 6.87. The van der Waals surface area contributed by atoms with E-state index in [1.807, 2.05) is 18.2 Å². The van der Waals surface area contributed by atoms with Crippen LogP contribution in [0.1, 0.15) is 11.7 Å². The first-order valence-corrected chi connectivity index (χ1v) is 8.88. The normalized spacial score (nSPS) is 13.3. The molecule has 0 fully saturated rings. The predicted octanol–water partition coefficient (Wildman–Crippen LogP) is 2.65. The van der Waals surface area contributed by atoms with E-state index in [-0.39, 0.29) is 11.4 Å². The molecule has 0 spiro atoms. The quantitative estimate of drug-likeness (QED) is 0.762. The lowest BCUT2D eigenvalue weighted by atomic mass is 10.1. The van der Waals surface area contributed by atoms with E-state index in [0.717, 1.165) is 3.57 Å². The van der Waals surface area contributed by atoms with Gasteiger partial charge in [-0.3, -0.25) is 0 Å². The number of halogens is 1. The summed E-state index contributed by atoms with van der Waals surface area (Å²) in [6.07, 6.45) is -0.852.